The van der Waals surface area contributed by atoms with Gasteiger partial charge < -0.3 is 9.73 Å². The van der Waals surface area contributed by atoms with E-state index in [9.17, 15) is 10.1 Å². The Morgan fingerprint density at radius 1 is 1.33 bits per heavy atom. The molecule has 0 unspecified atom stereocenters. The van der Waals surface area contributed by atoms with Crippen molar-refractivity contribution < 1.29 is 9.34 Å². The summed E-state index contributed by atoms with van der Waals surface area (Å²) in [5, 5.41) is 14.0. The highest BCUT2D eigenvalue weighted by molar-refractivity contribution is 5.59. The monoisotopic (exact) mass is 246 g/mol. The fourth-order valence-electron chi connectivity index (χ4n) is 1.78. The highest BCUT2D eigenvalue weighted by Gasteiger charge is 2.13. The Balaban J connectivity index is 2.19. The summed E-state index contributed by atoms with van der Waals surface area (Å²) in [6.45, 7) is 4.22. The smallest absolute Gasteiger partial charge is 0.272 e. The van der Waals surface area contributed by atoms with Gasteiger partial charge in [0.1, 0.15) is 0 Å². The lowest BCUT2D eigenvalue weighted by molar-refractivity contribution is -0.385. The van der Waals surface area contributed by atoms with Crippen LogP contribution in [0.3, 0.4) is 0 Å². The Labute approximate surface area is 105 Å². The highest BCUT2D eigenvalue weighted by atomic mass is 16.6. The van der Waals surface area contributed by atoms with Crippen molar-refractivity contribution in [3.05, 3.63) is 57.5 Å². The van der Waals surface area contributed by atoms with E-state index >= 15 is 0 Å². The molecule has 0 amide bonds. The molecule has 2 rings (SSSR count). The number of nitro benzene ring substituents is 1. The van der Waals surface area contributed by atoms with Crippen LogP contribution in [0.5, 0.6) is 0 Å². The average molecular weight is 246 g/mol. The lowest BCUT2D eigenvalue weighted by Gasteiger charge is -2.09. The molecule has 5 heteroatoms. The summed E-state index contributed by atoms with van der Waals surface area (Å²) < 4.78 is 4.98. The molecule has 0 saturated carbocycles. The molecular weight excluding hydrogens is 232 g/mol. The maximum absolute atomic E-state index is 10.8. The second kappa shape index (κ2) is 4.91. The number of hydrogen-bond donors (Lipinski definition) is 1. The first-order valence-corrected chi connectivity index (χ1v) is 5.58. The van der Waals surface area contributed by atoms with Crippen molar-refractivity contribution in [2.45, 2.75) is 20.4 Å². The van der Waals surface area contributed by atoms with Gasteiger partial charge in [0.15, 0.2) is 0 Å². The molecule has 0 saturated heterocycles. The number of rotatable bonds is 4. The second-order valence-electron chi connectivity index (χ2n) is 4.20. The molecule has 0 radical (unpaired) electrons. The van der Waals surface area contributed by atoms with E-state index in [4.69, 9.17) is 4.42 Å². The summed E-state index contributed by atoms with van der Waals surface area (Å²) in [5.41, 5.74) is 3.60. The van der Waals surface area contributed by atoms with Gasteiger partial charge in [0.25, 0.3) is 5.69 Å². The molecule has 0 atom stereocenters. The molecule has 2 aromatic rings. The van der Waals surface area contributed by atoms with Gasteiger partial charge in [-0.05, 0) is 31.5 Å². The number of nitro groups is 1. The van der Waals surface area contributed by atoms with Crippen molar-refractivity contribution in [3.63, 3.8) is 0 Å². The van der Waals surface area contributed by atoms with Gasteiger partial charge in [-0.2, -0.15) is 0 Å². The van der Waals surface area contributed by atoms with Crippen LogP contribution >= 0.6 is 0 Å². The number of nitrogens with one attached hydrogen (secondary N) is 1. The SMILES string of the molecule is Cc1cc([N+](=O)[O-])c(C)cc1NCc1ccoc1. The molecule has 1 aromatic carbocycles. The van der Waals surface area contributed by atoms with E-state index in [0.717, 1.165) is 16.8 Å². The molecule has 5 nitrogen and oxygen atoms in total. The maximum atomic E-state index is 10.8. The van der Waals surface area contributed by atoms with E-state index in [-0.39, 0.29) is 10.6 Å². The normalized spacial score (nSPS) is 10.3. The van der Waals surface area contributed by atoms with Gasteiger partial charge in [-0.1, -0.05) is 0 Å². The van der Waals surface area contributed by atoms with Crippen LogP contribution in [0, 0.1) is 24.0 Å². The minimum atomic E-state index is -0.359. The number of anilines is 1. The fourth-order valence-corrected chi connectivity index (χ4v) is 1.78. The van der Waals surface area contributed by atoms with Gasteiger partial charge in [-0.15, -0.1) is 0 Å². The van der Waals surface area contributed by atoms with Crippen molar-refractivity contribution in [3.8, 4) is 0 Å². The molecule has 1 N–H and O–H groups in total. The second-order valence-corrected chi connectivity index (χ2v) is 4.20. The Morgan fingerprint density at radius 3 is 2.72 bits per heavy atom. The van der Waals surface area contributed by atoms with Crippen molar-refractivity contribution in [2.24, 2.45) is 0 Å². The minimum absolute atomic E-state index is 0.154. The zero-order chi connectivity index (χ0) is 13.1. The summed E-state index contributed by atoms with van der Waals surface area (Å²) in [4.78, 5) is 10.4. The van der Waals surface area contributed by atoms with Gasteiger partial charge in [0, 0.05) is 29.4 Å². The van der Waals surface area contributed by atoms with Crippen LogP contribution < -0.4 is 5.32 Å². The van der Waals surface area contributed by atoms with E-state index in [1.807, 2.05) is 13.0 Å². The van der Waals surface area contributed by atoms with Gasteiger partial charge in [-0.25, -0.2) is 0 Å². The molecule has 18 heavy (non-hydrogen) atoms. The third-order valence-corrected chi connectivity index (χ3v) is 2.80. The summed E-state index contributed by atoms with van der Waals surface area (Å²) in [6.07, 6.45) is 3.28. The topological polar surface area (TPSA) is 68.3 Å². The number of aryl methyl sites for hydroxylation is 2. The van der Waals surface area contributed by atoms with Crippen LogP contribution in [0.15, 0.2) is 35.1 Å². The lowest BCUT2D eigenvalue weighted by atomic mass is 10.1. The van der Waals surface area contributed by atoms with Crippen molar-refractivity contribution in [1.29, 1.82) is 0 Å². The number of benzene rings is 1. The van der Waals surface area contributed by atoms with E-state index in [1.54, 1.807) is 31.6 Å². The Hall–Kier alpha value is -2.30. The third-order valence-electron chi connectivity index (χ3n) is 2.80. The van der Waals surface area contributed by atoms with Crippen LogP contribution in [0.4, 0.5) is 11.4 Å². The molecule has 0 spiro atoms. The first-order chi connectivity index (χ1) is 8.58. The predicted molar refractivity (Wildman–Crippen MR) is 68.6 cm³/mol. The number of nitrogens with zero attached hydrogens (tertiary/aromatic N) is 1. The number of furan rings is 1. The molecule has 0 aliphatic rings. The molecule has 0 bridgehead atoms. The van der Waals surface area contributed by atoms with Gasteiger partial charge in [-0.3, -0.25) is 10.1 Å². The average Bonchev–Trinajstić information content (AvgIpc) is 2.82. The highest BCUT2D eigenvalue weighted by Crippen LogP contribution is 2.26. The van der Waals surface area contributed by atoms with Crippen molar-refractivity contribution in [1.82, 2.24) is 0 Å². The van der Waals surface area contributed by atoms with Crippen LogP contribution in [-0.2, 0) is 6.54 Å². The van der Waals surface area contributed by atoms with Crippen LogP contribution in [0.2, 0.25) is 0 Å². The van der Waals surface area contributed by atoms with E-state index in [0.29, 0.717) is 12.1 Å². The maximum Gasteiger partial charge on any atom is 0.272 e. The zero-order valence-electron chi connectivity index (χ0n) is 10.3. The molecule has 0 aliphatic carbocycles. The molecule has 1 aromatic heterocycles. The Bertz CT molecular complexity index is 562. The minimum Gasteiger partial charge on any atom is -0.472 e. The number of hydrogen-bond acceptors (Lipinski definition) is 4. The molecule has 94 valence electrons. The largest absolute Gasteiger partial charge is 0.472 e. The molecule has 0 aliphatic heterocycles. The quantitative estimate of drug-likeness (QED) is 0.663. The standard InChI is InChI=1S/C13H14N2O3/c1-9-6-13(15(16)17)10(2)5-12(9)14-7-11-3-4-18-8-11/h3-6,8,14H,7H2,1-2H3. The van der Waals surface area contributed by atoms with Crippen LogP contribution in [0.1, 0.15) is 16.7 Å². The van der Waals surface area contributed by atoms with Crippen LogP contribution in [0.25, 0.3) is 0 Å². The summed E-state index contributed by atoms with van der Waals surface area (Å²) in [7, 11) is 0. The van der Waals surface area contributed by atoms with Gasteiger partial charge in [0.05, 0.1) is 17.4 Å². The summed E-state index contributed by atoms with van der Waals surface area (Å²) in [5.74, 6) is 0. The Morgan fingerprint density at radius 2 is 2.11 bits per heavy atom. The Kier molecular flexibility index (Phi) is 3.32. The van der Waals surface area contributed by atoms with Crippen molar-refractivity contribution >= 4 is 11.4 Å². The fraction of sp³-hybridized carbons (Fsp3) is 0.231. The summed E-state index contributed by atoms with van der Waals surface area (Å²) >= 11 is 0. The van der Waals surface area contributed by atoms with Crippen molar-refractivity contribution in [2.75, 3.05) is 5.32 Å². The van der Waals surface area contributed by atoms with E-state index in [1.165, 1.54) is 0 Å². The van der Waals surface area contributed by atoms with E-state index < -0.39 is 0 Å². The third kappa shape index (κ3) is 2.51. The lowest BCUT2D eigenvalue weighted by Crippen LogP contribution is -2.02. The van der Waals surface area contributed by atoms with Crippen LogP contribution in [-0.4, -0.2) is 4.92 Å². The predicted octanol–water partition coefficient (Wildman–Crippen LogP) is 3.42. The molecule has 0 fully saturated rings. The first kappa shape index (κ1) is 12.2. The first-order valence-electron chi connectivity index (χ1n) is 5.58. The molecular formula is C13H14N2O3. The zero-order valence-corrected chi connectivity index (χ0v) is 10.3. The van der Waals surface area contributed by atoms with Gasteiger partial charge >= 0.3 is 0 Å². The van der Waals surface area contributed by atoms with Gasteiger partial charge in [0.2, 0.25) is 0 Å². The molecule has 1 heterocycles. The van der Waals surface area contributed by atoms with E-state index in [2.05, 4.69) is 5.32 Å². The summed E-state index contributed by atoms with van der Waals surface area (Å²) in [6, 6.07) is 5.27.